The molecule has 0 saturated heterocycles. The summed E-state index contributed by atoms with van der Waals surface area (Å²) in [6, 6.07) is 1.59. The van der Waals surface area contributed by atoms with E-state index < -0.39 is 5.82 Å². The van der Waals surface area contributed by atoms with E-state index >= 15 is 0 Å². The molecule has 8 heteroatoms. The molecular formula is C19H23FN6O. The largest absolute Gasteiger partial charge is 0.393 e. The smallest absolute Gasteiger partial charge is 0.228 e. The van der Waals surface area contributed by atoms with Gasteiger partial charge in [-0.15, -0.1) is 0 Å². The van der Waals surface area contributed by atoms with E-state index in [4.69, 9.17) is 0 Å². The lowest BCUT2D eigenvalue weighted by atomic mass is 9.93. The van der Waals surface area contributed by atoms with E-state index in [-0.39, 0.29) is 18.1 Å². The molecule has 0 aromatic carbocycles. The zero-order chi connectivity index (χ0) is 19.0. The Balaban J connectivity index is 1.78. The van der Waals surface area contributed by atoms with Gasteiger partial charge in [0.2, 0.25) is 5.95 Å². The molecule has 0 unspecified atom stereocenters. The summed E-state index contributed by atoms with van der Waals surface area (Å²) in [5, 5.41) is 17.6. The van der Waals surface area contributed by atoms with Crippen molar-refractivity contribution < 1.29 is 9.50 Å². The van der Waals surface area contributed by atoms with E-state index in [9.17, 15) is 9.50 Å². The molecule has 0 bridgehead atoms. The highest BCUT2D eigenvalue weighted by Gasteiger charge is 2.22. The molecule has 2 N–H and O–H groups in total. The van der Waals surface area contributed by atoms with Crippen LogP contribution < -0.4 is 5.32 Å². The third kappa shape index (κ3) is 3.62. The van der Waals surface area contributed by atoms with Crippen LogP contribution in [0.25, 0.3) is 17.0 Å². The minimum atomic E-state index is -0.427. The molecule has 3 aromatic heterocycles. The summed E-state index contributed by atoms with van der Waals surface area (Å²) in [4.78, 5) is 13.2. The first-order valence-electron chi connectivity index (χ1n) is 9.32. The number of nitrogens with zero attached hydrogens (tertiary/aromatic N) is 5. The van der Waals surface area contributed by atoms with Gasteiger partial charge in [0, 0.05) is 23.4 Å². The van der Waals surface area contributed by atoms with E-state index in [1.54, 1.807) is 16.9 Å². The van der Waals surface area contributed by atoms with E-state index in [0.29, 0.717) is 23.0 Å². The highest BCUT2D eigenvalue weighted by atomic mass is 19.1. The Kier molecular flexibility index (Phi) is 4.73. The summed E-state index contributed by atoms with van der Waals surface area (Å²) in [5.74, 6) is 0.806. The van der Waals surface area contributed by atoms with Crippen LogP contribution in [0.15, 0.2) is 24.7 Å². The third-order valence-electron chi connectivity index (χ3n) is 5.01. The van der Waals surface area contributed by atoms with Gasteiger partial charge in [-0.05, 0) is 37.7 Å². The summed E-state index contributed by atoms with van der Waals surface area (Å²) in [5.41, 5.74) is 2.23. The van der Waals surface area contributed by atoms with E-state index in [2.05, 4.69) is 39.2 Å². The molecule has 7 nitrogen and oxygen atoms in total. The monoisotopic (exact) mass is 370 g/mol. The highest BCUT2D eigenvalue weighted by Crippen LogP contribution is 2.26. The molecule has 3 heterocycles. The minimum absolute atomic E-state index is 0.205. The molecular weight excluding hydrogens is 347 g/mol. The molecule has 1 fully saturated rings. The fraction of sp³-hybridized carbons (Fsp3) is 0.474. The topological polar surface area (TPSA) is 88.2 Å². The van der Waals surface area contributed by atoms with Crippen LogP contribution in [-0.4, -0.2) is 41.8 Å². The zero-order valence-electron chi connectivity index (χ0n) is 15.4. The molecule has 0 atom stereocenters. The van der Waals surface area contributed by atoms with Gasteiger partial charge in [0.25, 0.3) is 0 Å². The Hall–Kier alpha value is -2.61. The number of aromatic nitrogens is 5. The second-order valence-electron chi connectivity index (χ2n) is 7.40. The Morgan fingerprint density at radius 1 is 1.15 bits per heavy atom. The van der Waals surface area contributed by atoms with E-state index in [1.807, 2.05) is 0 Å². The fourth-order valence-electron chi connectivity index (χ4n) is 3.46. The number of fused-ring (bicyclic) bond motifs is 1. The summed E-state index contributed by atoms with van der Waals surface area (Å²) < 4.78 is 15.4. The van der Waals surface area contributed by atoms with Crippen LogP contribution in [0.1, 0.15) is 51.0 Å². The molecule has 0 aliphatic heterocycles. The van der Waals surface area contributed by atoms with Crippen molar-refractivity contribution in [1.82, 2.24) is 24.6 Å². The van der Waals surface area contributed by atoms with Crippen molar-refractivity contribution in [2.75, 3.05) is 5.32 Å². The number of halogens is 1. The van der Waals surface area contributed by atoms with Crippen molar-refractivity contribution in [3.8, 4) is 11.4 Å². The Morgan fingerprint density at radius 3 is 2.63 bits per heavy atom. The van der Waals surface area contributed by atoms with Crippen LogP contribution in [0, 0.1) is 5.82 Å². The Morgan fingerprint density at radius 2 is 1.93 bits per heavy atom. The van der Waals surface area contributed by atoms with Gasteiger partial charge in [0.1, 0.15) is 5.82 Å². The lowest BCUT2D eigenvalue weighted by Gasteiger charge is -2.26. The Bertz CT molecular complexity index is 949. The van der Waals surface area contributed by atoms with Crippen molar-refractivity contribution in [2.45, 2.75) is 57.6 Å². The average Bonchev–Trinajstić information content (AvgIpc) is 3.08. The maximum absolute atomic E-state index is 13.6. The average molecular weight is 370 g/mol. The van der Waals surface area contributed by atoms with Crippen LogP contribution in [0.5, 0.6) is 0 Å². The van der Waals surface area contributed by atoms with E-state index in [0.717, 1.165) is 37.4 Å². The molecule has 4 rings (SSSR count). The zero-order valence-corrected chi connectivity index (χ0v) is 15.4. The van der Waals surface area contributed by atoms with Gasteiger partial charge in [-0.25, -0.2) is 9.37 Å². The number of rotatable bonds is 4. The van der Waals surface area contributed by atoms with Gasteiger partial charge in [-0.2, -0.15) is 14.6 Å². The molecule has 0 radical (unpaired) electrons. The quantitative estimate of drug-likeness (QED) is 0.733. The first-order valence-corrected chi connectivity index (χ1v) is 9.32. The standard InChI is InChI=1S/C19H23FN6O/c1-11(2)16-10-22-26-18(16)24-17(12-7-13(20)9-21-8-12)25-19(26)23-14-3-5-15(27)6-4-14/h7-11,14-15,27H,3-6H2,1-2H3,(H,23,24,25)/t14-,15+. The summed E-state index contributed by atoms with van der Waals surface area (Å²) in [6.45, 7) is 4.16. The van der Waals surface area contributed by atoms with E-state index in [1.165, 1.54) is 6.07 Å². The second kappa shape index (κ2) is 7.19. The predicted octanol–water partition coefficient (Wildman–Crippen LogP) is 3.16. The van der Waals surface area contributed by atoms with Crippen LogP contribution in [0.2, 0.25) is 0 Å². The lowest BCUT2D eigenvalue weighted by molar-refractivity contribution is 0.126. The summed E-state index contributed by atoms with van der Waals surface area (Å²) in [6.07, 6.45) is 7.56. The second-order valence-corrected chi connectivity index (χ2v) is 7.40. The van der Waals surface area contributed by atoms with Crippen molar-refractivity contribution in [2.24, 2.45) is 0 Å². The molecule has 1 saturated carbocycles. The molecule has 142 valence electrons. The van der Waals surface area contributed by atoms with Crippen LogP contribution in [0.4, 0.5) is 10.3 Å². The number of nitrogens with one attached hydrogen (secondary N) is 1. The van der Waals surface area contributed by atoms with Crippen LogP contribution >= 0.6 is 0 Å². The molecule has 1 aliphatic rings. The van der Waals surface area contributed by atoms with Gasteiger partial charge < -0.3 is 10.4 Å². The fourth-order valence-corrected chi connectivity index (χ4v) is 3.46. The van der Waals surface area contributed by atoms with Gasteiger partial charge >= 0.3 is 0 Å². The SMILES string of the molecule is CC(C)c1cnn2c(N[C@H]3CC[C@@H](O)CC3)nc(-c3cncc(F)c3)nc12. The molecule has 1 aliphatic carbocycles. The number of hydrogen-bond donors (Lipinski definition) is 2. The van der Waals surface area contributed by atoms with Crippen molar-refractivity contribution in [3.05, 3.63) is 36.0 Å². The normalized spacial score (nSPS) is 20.3. The van der Waals surface area contributed by atoms with Crippen molar-refractivity contribution >= 4 is 11.6 Å². The molecule has 0 spiro atoms. The van der Waals surface area contributed by atoms with Crippen molar-refractivity contribution in [3.63, 3.8) is 0 Å². The number of aliphatic hydroxyl groups excluding tert-OH is 1. The maximum atomic E-state index is 13.6. The summed E-state index contributed by atoms with van der Waals surface area (Å²) >= 11 is 0. The van der Waals surface area contributed by atoms with Gasteiger partial charge in [-0.1, -0.05) is 13.8 Å². The Labute approximate surface area is 156 Å². The lowest BCUT2D eigenvalue weighted by Crippen LogP contribution is -2.29. The van der Waals surface area contributed by atoms with Crippen LogP contribution in [-0.2, 0) is 0 Å². The maximum Gasteiger partial charge on any atom is 0.228 e. The number of pyridine rings is 1. The molecule has 0 amide bonds. The first kappa shape index (κ1) is 17.8. The van der Waals surface area contributed by atoms with Gasteiger partial charge in [-0.3, -0.25) is 4.98 Å². The first-order chi connectivity index (χ1) is 13.0. The van der Waals surface area contributed by atoms with Crippen molar-refractivity contribution in [1.29, 1.82) is 0 Å². The number of hydrogen-bond acceptors (Lipinski definition) is 6. The van der Waals surface area contributed by atoms with Gasteiger partial charge in [0.15, 0.2) is 11.5 Å². The third-order valence-corrected chi connectivity index (χ3v) is 5.01. The molecule has 3 aromatic rings. The molecule has 27 heavy (non-hydrogen) atoms. The predicted molar refractivity (Wildman–Crippen MR) is 99.9 cm³/mol. The number of anilines is 1. The summed E-state index contributed by atoms with van der Waals surface area (Å²) in [7, 11) is 0. The highest BCUT2D eigenvalue weighted by molar-refractivity contribution is 5.62. The minimum Gasteiger partial charge on any atom is -0.393 e. The number of aliphatic hydroxyl groups is 1. The van der Waals surface area contributed by atoms with Gasteiger partial charge in [0.05, 0.1) is 18.5 Å². The van der Waals surface area contributed by atoms with Crippen LogP contribution in [0.3, 0.4) is 0 Å².